The number of nitrogens with zero attached hydrogens (tertiary/aromatic N) is 3. The van der Waals surface area contributed by atoms with Crippen molar-refractivity contribution in [2.45, 2.75) is 38.5 Å². The third kappa shape index (κ3) is 5.03. The van der Waals surface area contributed by atoms with Gasteiger partial charge in [-0.3, -0.25) is 0 Å². The summed E-state index contributed by atoms with van der Waals surface area (Å²) >= 11 is 0.949. The molecule has 2 aromatic carbocycles. The number of aromatic nitrogens is 2. The van der Waals surface area contributed by atoms with E-state index < -0.39 is 21.9 Å². The van der Waals surface area contributed by atoms with E-state index >= 15 is 0 Å². The van der Waals surface area contributed by atoms with Crippen molar-refractivity contribution in [1.29, 1.82) is 0 Å². The predicted molar refractivity (Wildman–Crippen MR) is 134 cm³/mol. The van der Waals surface area contributed by atoms with Gasteiger partial charge in [0, 0.05) is 37.2 Å². The van der Waals surface area contributed by atoms with Crippen molar-refractivity contribution in [2.24, 2.45) is 0 Å². The zero-order valence-electron chi connectivity index (χ0n) is 19.3. The second kappa shape index (κ2) is 9.58. The van der Waals surface area contributed by atoms with Gasteiger partial charge in [-0.25, -0.2) is 9.71 Å². The van der Waals surface area contributed by atoms with E-state index in [1.807, 2.05) is 31.2 Å². The van der Waals surface area contributed by atoms with E-state index in [0.29, 0.717) is 24.9 Å². The first kappa shape index (κ1) is 24.9. The molecule has 190 valence electrons. The summed E-state index contributed by atoms with van der Waals surface area (Å²) in [5.74, 6) is 0. The highest BCUT2D eigenvalue weighted by atomic mass is 32.2. The highest BCUT2D eigenvalue weighted by Crippen LogP contribution is 2.40. The molecule has 2 aliphatic heterocycles. The molecule has 0 fully saturated rings. The fraction of sp³-hybridized carbons (Fsp3) is 0.333. The highest BCUT2D eigenvalue weighted by Gasteiger charge is 2.33. The average molecular weight is 536 g/mol. The molecule has 2 N–H and O–H groups in total. The summed E-state index contributed by atoms with van der Waals surface area (Å²) in [7, 11) is -3.83. The van der Waals surface area contributed by atoms with E-state index in [0.717, 1.165) is 45.4 Å². The van der Waals surface area contributed by atoms with Gasteiger partial charge in [-0.1, -0.05) is 30.3 Å². The van der Waals surface area contributed by atoms with Crippen LogP contribution in [0.5, 0.6) is 0 Å². The van der Waals surface area contributed by atoms with Crippen LogP contribution in [0.25, 0.3) is 16.7 Å². The molecule has 3 aromatic rings. The molecule has 0 aliphatic carbocycles. The summed E-state index contributed by atoms with van der Waals surface area (Å²) in [5.41, 5.74) is 4.09. The molecule has 0 saturated carbocycles. The monoisotopic (exact) mass is 535 g/mol. The molecular weight excluding hydrogens is 511 g/mol. The Hall–Kier alpha value is -2.80. The van der Waals surface area contributed by atoms with Crippen LogP contribution in [0.15, 0.2) is 48.8 Å². The summed E-state index contributed by atoms with van der Waals surface area (Å²) in [5, 5.41) is 3.48. The minimum Gasteiger partial charge on any atom is -0.310 e. The number of fused-ring (bicyclic) bond motifs is 1. The first-order valence-corrected chi connectivity index (χ1v) is 13.6. The van der Waals surface area contributed by atoms with Crippen LogP contribution in [0.4, 0.5) is 18.3 Å². The lowest BCUT2D eigenvalue weighted by molar-refractivity contribution is -0.137. The Balaban J connectivity index is 1.53. The number of rotatable bonds is 5. The fourth-order valence-corrected chi connectivity index (χ4v) is 6.54. The van der Waals surface area contributed by atoms with Gasteiger partial charge in [-0.05, 0) is 65.3 Å². The largest absolute Gasteiger partial charge is 0.416 e. The molecule has 5 rings (SSSR count). The highest BCUT2D eigenvalue weighted by molar-refractivity contribution is 7.90. The van der Waals surface area contributed by atoms with E-state index in [9.17, 15) is 21.6 Å². The van der Waals surface area contributed by atoms with Crippen molar-refractivity contribution >= 4 is 32.4 Å². The van der Waals surface area contributed by atoms with E-state index in [1.54, 1.807) is 6.07 Å². The maximum absolute atomic E-state index is 13.6. The van der Waals surface area contributed by atoms with Crippen molar-refractivity contribution < 1.29 is 21.6 Å². The Morgan fingerprint density at radius 3 is 2.72 bits per heavy atom. The van der Waals surface area contributed by atoms with Crippen molar-refractivity contribution in [2.75, 3.05) is 17.8 Å². The number of benzene rings is 2. The van der Waals surface area contributed by atoms with Crippen LogP contribution in [0.1, 0.15) is 35.6 Å². The van der Waals surface area contributed by atoms with Crippen LogP contribution >= 0.6 is 11.5 Å². The van der Waals surface area contributed by atoms with Gasteiger partial charge in [-0.15, -0.1) is 0 Å². The number of anilines is 1. The summed E-state index contributed by atoms with van der Waals surface area (Å²) in [6.45, 7) is 2.98. The quantitative estimate of drug-likeness (QED) is 0.495. The third-order valence-electron chi connectivity index (χ3n) is 6.47. The maximum atomic E-state index is 13.6. The van der Waals surface area contributed by atoms with Crippen LogP contribution in [0.2, 0.25) is 0 Å². The summed E-state index contributed by atoms with van der Waals surface area (Å²) in [6, 6.07) is 9.64. The zero-order chi connectivity index (χ0) is 25.5. The standard InChI is InChI=1S/C24H24F3N5O2S2/c1-15-11-16(7-9-28-15)22-12-18(24(25,26)27)5-6-21(22)20-4-2-3-17-13-32(10-8-19(17)20)36(33,34)31-23-29-14-30-35-23/h2-7,12,14-15,28H,8-11,13H2,1H3,(H,29,30,31). The van der Waals surface area contributed by atoms with Gasteiger partial charge in [0.15, 0.2) is 0 Å². The Morgan fingerprint density at radius 2 is 2.00 bits per heavy atom. The normalized spacial score (nSPS) is 19.0. The smallest absolute Gasteiger partial charge is 0.310 e. The first-order chi connectivity index (χ1) is 17.1. The molecule has 7 nitrogen and oxygen atoms in total. The summed E-state index contributed by atoms with van der Waals surface area (Å²) < 4.78 is 74.1. The molecule has 1 atom stereocenters. The molecular formula is C24H24F3N5O2S2. The third-order valence-corrected chi connectivity index (χ3v) is 8.62. The van der Waals surface area contributed by atoms with Gasteiger partial charge in [0.25, 0.3) is 0 Å². The number of hydrogen-bond donors (Lipinski definition) is 2. The lowest BCUT2D eigenvalue weighted by atomic mass is 9.84. The van der Waals surface area contributed by atoms with Gasteiger partial charge >= 0.3 is 16.4 Å². The van der Waals surface area contributed by atoms with Crippen LogP contribution in [0.3, 0.4) is 0 Å². The number of hydrogen-bond acceptors (Lipinski definition) is 6. The lowest BCUT2D eigenvalue weighted by Crippen LogP contribution is -2.39. The Morgan fingerprint density at radius 1 is 1.17 bits per heavy atom. The molecule has 1 aromatic heterocycles. The van der Waals surface area contributed by atoms with E-state index in [-0.39, 0.29) is 24.3 Å². The Bertz CT molecular complexity index is 1410. The lowest BCUT2D eigenvalue weighted by Gasteiger charge is -2.30. The molecule has 12 heteroatoms. The maximum Gasteiger partial charge on any atom is 0.416 e. The predicted octanol–water partition coefficient (Wildman–Crippen LogP) is 4.70. The number of halogens is 3. The van der Waals surface area contributed by atoms with Gasteiger partial charge in [0.1, 0.15) is 6.33 Å². The van der Waals surface area contributed by atoms with Crippen LogP contribution in [-0.2, 0) is 29.4 Å². The van der Waals surface area contributed by atoms with Gasteiger partial charge in [0.2, 0.25) is 5.13 Å². The van der Waals surface area contributed by atoms with Crippen molar-refractivity contribution in [3.63, 3.8) is 0 Å². The Kier molecular flexibility index (Phi) is 6.62. The Labute approximate surface area is 211 Å². The van der Waals surface area contributed by atoms with E-state index in [2.05, 4.69) is 19.4 Å². The molecule has 3 heterocycles. The minimum atomic E-state index is -4.45. The molecule has 0 radical (unpaired) electrons. The average Bonchev–Trinajstić information content (AvgIpc) is 3.35. The zero-order valence-corrected chi connectivity index (χ0v) is 21.0. The molecule has 1 unspecified atom stereocenters. The second-order valence-electron chi connectivity index (χ2n) is 8.88. The topological polar surface area (TPSA) is 87.2 Å². The molecule has 36 heavy (non-hydrogen) atoms. The van der Waals surface area contributed by atoms with Crippen LogP contribution in [0, 0.1) is 0 Å². The molecule has 0 saturated heterocycles. The second-order valence-corrected chi connectivity index (χ2v) is 11.3. The van der Waals surface area contributed by atoms with Crippen molar-refractivity contribution in [3.8, 4) is 11.1 Å². The molecule has 2 aliphatic rings. The minimum absolute atomic E-state index is 0.149. The van der Waals surface area contributed by atoms with Crippen molar-refractivity contribution in [3.05, 3.63) is 71.1 Å². The molecule has 0 amide bonds. The van der Waals surface area contributed by atoms with Crippen LogP contribution < -0.4 is 10.0 Å². The van der Waals surface area contributed by atoms with Crippen molar-refractivity contribution in [1.82, 2.24) is 19.0 Å². The number of nitrogens with one attached hydrogen (secondary N) is 2. The van der Waals surface area contributed by atoms with Gasteiger partial charge in [-0.2, -0.15) is 30.3 Å². The molecule has 0 bridgehead atoms. The number of alkyl halides is 3. The summed E-state index contributed by atoms with van der Waals surface area (Å²) in [4.78, 5) is 3.88. The summed E-state index contributed by atoms with van der Waals surface area (Å²) in [6.07, 6.45) is -0.174. The van der Waals surface area contributed by atoms with Gasteiger partial charge < -0.3 is 5.32 Å². The first-order valence-electron chi connectivity index (χ1n) is 11.4. The SMILES string of the molecule is CC1CC(c2cc(C(F)(F)F)ccc2-c2cccc3c2CCN(S(=O)(=O)Nc2ncns2)C3)=CCN1. The fourth-order valence-electron chi connectivity index (χ4n) is 4.74. The van der Waals surface area contributed by atoms with Gasteiger partial charge in [0.05, 0.1) is 5.56 Å². The molecule has 0 spiro atoms. The van der Waals surface area contributed by atoms with E-state index in [1.165, 1.54) is 16.7 Å². The van der Waals surface area contributed by atoms with E-state index in [4.69, 9.17) is 0 Å². The van der Waals surface area contributed by atoms with Crippen LogP contribution in [-0.4, -0.2) is 41.2 Å².